The van der Waals surface area contributed by atoms with Crippen molar-refractivity contribution in [3.63, 3.8) is 0 Å². The van der Waals surface area contributed by atoms with Crippen LogP contribution in [-0.4, -0.2) is 14.5 Å². The number of hydrogen-bond acceptors (Lipinski definition) is 3. The van der Waals surface area contributed by atoms with Crippen LogP contribution in [0.4, 0.5) is 4.39 Å². The summed E-state index contributed by atoms with van der Waals surface area (Å²) in [6.07, 6.45) is 0.635. The van der Waals surface area contributed by atoms with Gasteiger partial charge in [0.2, 0.25) is 10.0 Å². The fourth-order valence-electron chi connectivity index (χ4n) is 1.92. The second kappa shape index (κ2) is 6.98. The molecule has 0 fully saturated rings. The van der Waals surface area contributed by atoms with E-state index >= 15 is 0 Å². The maximum Gasteiger partial charge on any atom is 0.243 e. The molecule has 0 aliphatic rings. The highest BCUT2D eigenvalue weighted by Crippen LogP contribution is 2.24. The van der Waals surface area contributed by atoms with Gasteiger partial charge in [-0.2, -0.15) is 0 Å². The van der Waals surface area contributed by atoms with Crippen molar-refractivity contribution in [3.8, 4) is 0 Å². The van der Waals surface area contributed by atoms with E-state index in [0.717, 1.165) is 0 Å². The van der Waals surface area contributed by atoms with Crippen molar-refractivity contribution >= 4 is 26.0 Å². The Hall–Kier alpha value is -0.500. The molecule has 114 valence electrons. The third kappa shape index (κ3) is 4.00. The molecule has 1 rings (SSSR count). The van der Waals surface area contributed by atoms with Crippen LogP contribution in [0.3, 0.4) is 0 Å². The van der Waals surface area contributed by atoms with Gasteiger partial charge < -0.3 is 5.73 Å². The number of nitrogens with one attached hydrogen (secondary N) is 1. The van der Waals surface area contributed by atoms with E-state index in [1.165, 1.54) is 12.1 Å². The van der Waals surface area contributed by atoms with E-state index in [-0.39, 0.29) is 29.0 Å². The Morgan fingerprint density at radius 1 is 1.40 bits per heavy atom. The van der Waals surface area contributed by atoms with E-state index in [1.807, 2.05) is 20.8 Å². The summed E-state index contributed by atoms with van der Waals surface area (Å²) in [5.74, 6) is -0.666. The normalized spacial score (nSPS) is 13.8. The zero-order valence-corrected chi connectivity index (χ0v) is 14.2. The maximum atomic E-state index is 14.2. The molecule has 0 aromatic heterocycles. The molecule has 0 bridgehead atoms. The number of halogens is 2. The van der Waals surface area contributed by atoms with E-state index in [9.17, 15) is 12.8 Å². The number of rotatable bonds is 6. The molecule has 0 amide bonds. The van der Waals surface area contributed by atoms with Gasteiger partial charge in [-0.1, -0.05) is 36.7 Å². The molecule has 1 aromatic rings. The standard InChI is InChI=1S/C13H20BrFN2O2S/c1-4-11(8(2)3)17-20(18,19)12-6-10(14)5-9(7-16)13(12)15/h5-6,8,11,17H,4,7,16H2,1-3H3. The predicted octanol–water partition coefficient (Wildman–Crippen LogP) is 2.76. The van der Waals surface area contributed by atoms with Gasteiger partial charge in [-0.05, 0) is 24.5 Å². The van der Waals surface area contributed by atoms with Crippen LogP contribution in [-0.2, 0) is 16.6 Å². The van der Waals surface area contributed by atoms with Crippen LogP contribution in [0, 0.1) is 11.7 Å². The van der Waals surface area contributed by atoms with Gasteiger partial charge in [0.15, 0.2) is 0 Å². The minimum Gasteiger partial charge on any atom is -0.326 e. The lowest BCUT2D eigenvalue weighted by Crippen LogP contribution is -2.38. The summed E-state index contributed by atoms with van der Waals surface area (Å²) >= 11 is 3.18. The average molecular weight is 367 g/mol. The second-order valence-corrected chi connectivity index (χ2v) is 7.56. The van der Waals surface area contributed by atoms with Crippen LogP contribution in [0.2, 0.25) is 0 Å². The summed E-state index contributed by atoms with van der Waals surface area (Å²) in [7, 11) is -3.91. The molecule has 4 nitrogen and oxygen atoms in total. The Bertz CT molecular complexity index is 576. The molecular formula is C13H20BrFN2O2S. The van der Waals surface area contributed by atoms with Crippen molar-refractivity contribution in [2.45, 2.75) is 44.7 Å². The fraction of sp³-hybridized carbons (Fsp3) is 0.538. The van der Waals surface area contributed by atoms with Crippen molar-refractivity contribution in [2.24, 2.45) is 11.7 Å². The summed E-state index contributed by atoms with van der Waals surface area (Å²) in [4.78, 5) is -0.369. The van der Waals surface area contributed by atoms with Crippen molar-refractivity contribution in [3.05, 3.63) is 28.0 Å². The lowest BCUT2D eigenvalue weighted by molar-refractivity contribution is 0.435. The number of benzene rings is 1. The molecule has 0 spiro atoms. The first-order chi connectivity index (χ1) is 9.22. The number of nitrogens with two attached hydrogens (primary N) is 1. The first-order valence-electron chi connectivity index (χ1n) is 6.43. The van der Waals surface area contributed by atoms with E-state index < -0.39 is 15.8 Å². The fourth-order valence-corrected chi connectivity index (χ4v) is 4.19. The van der Waals surface area contributed by atoms with E-state index in [0.29, 0.717) is 10.9 Å². The molecule has 1 unspecified atom stereocenters. The molecule has 0 saturated heterocycles. The van der Waals surface area contributed by atoms with Gasteiger partial charge in [-0.3, -0.25) is 0 Å². The Kier molecular flexibility index (Phi) is 6.12. The Morgan fingerprint density at radius 3 is 2.45 bits per heavy atom. The smallest absolute Gasteiger partial charge is 0.243 e. The van der Waals surface area contributed by atoms with Crippen molar-refractivity contribution in [1.82, 2.24) is 4.72 Å². The van der Waals surface area contributed by atoms with Gasteiger partial charge >= 0.3 is 0 Å². The summed E-state index contributed by atoms with van der Waals surface area (Å²) < 4.78 is 41.9. The van der Waals surface area contributed by atoms with Gasteiger partial charge in [-0.25, -0.2) is 17.5 Å². The number of sulfonamides is 1. The molecule has 7 heteroatoms. The summed E-state index contributed by atoms with van der Waals surface area (Å²) in [6, 6.07) is 2.50. The molecule has 20 heavy (non-hydrogen) atoms. The average Bonchev–Trinajstić information content (AvgIpc) is 2.37. The van der Waals surface area contributed by atoms with Crippen LogP contribution in [0.25, 0.3) is 0 Å². The Morgan fingerprint density at radius 2 is 2.00 bits per heavy atom. The third-order valence-electron chi connectivity index (χ3n) is 3.14. The maximum absolute atomic E-state index is 14.2. The first-order valence-corrected chi connectivity index (χ1v) is 8.70. The molecule has 0 heterocycles. The third-order valence-corrected chi connectivity index (χ3v) is 5.09. The van der Waals surface area contributed by atoms with E-state index in [1.54, 1.807) is 0 Å². The monoisotopic (exact) mass is 366 g/mol. The SMILES string of the molecule is CCC(NS(=O)(=O)c1cc(Br)cc(CN)c1F)C(C)C. The molecule has 0 aliphatic heterocycles. The molecule has 3 N–H and O–H groups in total. The molecule has 0 aliphatic carbocycles. The van der Waals surface area contributed by atoms with Crippen LogP contribution in [0.1, 0.15) is 32.8 Å². The van der Waals surface area contributed by atoms with Crippen LogP contribution in [0.5, 0.6) is 0 Å². The van der Waals surface area contributed by atoms with Crippen molar-refractivity contribution in [2.75, 3.05) is 0 Å². The van der Waals surface area contributed by atoms with Crippen LogP contribution < -0.4 is 10.5 Å². The van der Waals surface area contributed by atoms with Crippen LogP contribution in [0.15, 0.2) is 21.5 Å². The molecule has 0 saturated carbocycles. The van der Waals surface area contributed by atoms with E-state index in [2.05, 4.69) is 20.7 Å². The van der Waals surface area contributed by atoms with Crippen molar-refractivity contribution < 1.29 is 12.8 Å². The summed E-state index contributed by atoms with van der Waals surface area (Å²) in [5, 5.41) is 0. The van der Waals surface area contributed by atoms with Gasteiger partial charge in [0, 0.05) is 22.6 Å². The van der Waals surface area contributed by atoms with Gasteiger partial charge in [0.25, 0.3) is 0 Å². The highest BCUT2D eigenvalue weighted by molar-refractivity contribution is 9.10. The number of hydrogen-bond donors (Lipinski definition) is 2. The van der Waals surface area contributed by atoms with Gasteiger partial charge in [-0.15, -0.1) is 0 Å². The zero-order valence-electron chi connectivity index (χ0n) is 11.8. The topological polar surface area (TPSA) is 72.2 Å². The summed E-state index contributed by atoms with van der Waals surface area (Å²) in [6.45, 7) is 5.66. The van der Waals surface area contributed by atoms with Gasteiger partial charge in [0.05, 0.1) is 0 Å². The molecule has 1 atom stereocenters. The first kappa shape index (κ1) is 17.6. The van der Waals surface area contributed by atoms with Crippen molar-refractivity contribution in [1.29, 1.82) is 0 Å². The Balaban J connectivity index is 3.25. The molecule has 1 aromatic carbocycles. The predicted molar refractivity (Wildman–Crippen MR) is 81.2 cm³/mol. The van der Waals surface area contributed by atoms with E-state index in [4.69, 9.17) is 5.73 Å². The minimum atomic E-state index is -3.91. The zero-order chi connectivity index (χ0) is 15.5. The quantitative estimate of drug-likeness (QED) is 0.812. The lowest BCUT2D eigenvalue weighted by Gasteiger charge is -2.21. The highest BCUT2D eigenvalue weighted by Gasteiger charge is 2.25. The highest BCUT2D eigenvalue weighted by atomic mass is 79.9. The second-order valence-electron chi connectivity index (χ2n) is 4.96. The molecular weight excluding hydrogens is 347 g/mol. The van der Waals surface area contributed by atoms with Gasteiger partial charge in [0.1, 0.15) is 10.7 Å². The summed E-state index contributed by atoms with van der Waals surface area (Å²) in [5.41, 5.74) is 5.60. The van der Waals surface area contributed by atoms with Crippen LogP contribution >= 0.6 is 15.9 Å². The minimum absolute atomic E-state index is 0.0603. The largest absolute Gasteiger partial charge is 0.326 e. The Labute approximate surface area is 128 Å². The molecule has 0 radical (unpaired) electrons. The lowest BCUT2D eigenvalue weighted by atomic mass is 10.0.